The van der Waals surface area contributed by atoms with Crippen LogP contribution in [0.1, 0.15) is 11.5 Å². The second-order valence-corrected chi connectivity index (χ2v) is 6.29. The highest BCUT2D eigenvalue weighted by molar-refractivity contribution is 5.50. The number of piperazine rings is 1. The normalized spacial score (nSPS) is 15.3. The number of aryl methyl sites for hydroxylation is 1. The van der Waals surface area contributed by atoms with E-state index in [1.54, 1.807) is 19.2 Å². The summed E-state index contributed by atoms with van der Waals surface area (Å²) in [4.78, 5) is 20.1. The second-order valence-electron chi connectivity index (χ2n) is 6.29. The molecule has 0 amide bonds. The molecule has 4 rings (SSSR count). The molecule has 0 N–H and O–H groups in total. The van der Waals surface area contributed by atoms with Crippen molar-refractivity contribution in [1.82, 2.24) is 29.5 Å². The number of halogens is 3. The summed E-state index contributed by atoms with van der Waals surface area (Å²) in [5, 5.41) is 3.62. The van der Waals surface area contributed by atoms with Crippen molar-refractivity contribution in [2.75, 3.05) is 43.1 Å². The lowest BCUT2D eigenvalue weighted by Crippen LogP contribution is -2.47. The van der Waals surface area contributed by atoms with E-state index in [0.717, 1.165) is 4.52 Å². The number of alkyl halides is 3. The number of aromatic nitrogens is 6. The van der Waals surface area contributed by atoms with E-state index in [9.17, 15) is 13.2 Å². The average Bonchev–Trinajstić information content (AvgIpc) is 3.12. The fraction of sp³-hybridized carbons (Fsp3) is 0.438. The molecule has 12 heteroatoms. The van der Waals surface area contributed by atoms with Crippen LogP contribution in [0.3, 0.4) is 0 Å². The van der Waals surface area contributed by atoms with Crippen LogP contribution in [-0.2, 0) is 6.18 Å². The quantitative estimate of drug-likeness (QED) is 0.662. The van der Waals surface area contributed by atoms with Crippen LogP contribution >= 0.6 is 0 Å². The third-order valence-electron chi connectivity index (χ3n) is 4.41. The highest BCUT2D eigenvalue weighted by Crippen LogP contribution is 2.28. The van der Waals surface area contributed by atoms with Gasteiger partial charge in [0.25, 0.3) is 11.6 Å². The Labute approximate surface area is 157 Å². The second kappa shape index (κ2) is 6.77. The summed E-state index contributed by atoms with van der Waals surface area (Å²) in [5.41, 5.74) is 0.574. The van der Waals surface area contributed by atoms with Crippen molar-refractivity contribution < 1.29 is 17.9 Å². The van der Waals surface area contributed by atoms with Crippen LogP contribution < -0.4 is 14.5 Å². The Hall–Kier alpha value is -3.18. The van der Waals surface area contributed by atoms with E-state index in [4.69, 9.17) is 4.74 Å². The van der Waals surface area contributed by atoms with Crippen molar-refractivity contribution in [3.8, 4) is 5.88 Å². The van der Waals surface area contributed by atoms with Crippen LogP contribution in [-0.4, -0.2) is 62.8 Å². The molecule has 3 aromatic heterocycles. The molecule has 0 bridgehead atoms. The molecule has 0 aromatic carbocycles. The number of hydrogen-bond acceptors (Lipinski definition) is 8. The smallest absolute Gasteiger partial charge is 0.453 e. The van der Waals surface area contributed by atoms with Gasteiger partial charge in [0.2, 0.25) is 5.88 Å². The maximum atomic E-state index is 13.0. The van der Waals surface area contributed by atoms with E-state index in [1.807, 2.05) is 9.80 Å². The zero-order valence-electron chi connectivity index (χ0n) is 15.2. The molecule has 1 aliphatic heterocycles. The molecule has 0 atom stereocenters. The molecular formula is C16H17F3N8O. The number of methoxy groups -OCH3 is 1. The fourth-order valence-corrected chi connectivity index (χ4v) is 3.07. The SMILES string of the molecule is COc1cncc(N2CCN(c3cc(C)nc4nc(C(F)(F)F)nn34)CC2)n1. The zero-order valence-corrected chi connectivity index (χ0v) is 15.2. The van der Waals surface area contributed by atoms with Crippen LogP contribution in [0.2, 0.25) is 0 Å². The van der Waals surface area contributed by atoms with Gasteiger partial charge in [0.15, 0.2) is 5.82 Å². The van der Waals surface area contributed by atoms with Gasteiger partial charge in [0.05, 0.1) is 19.5 Å². The summed E-state index contributed by atoms with van der Waals surface area (Å²) in [6, 6.07) is 1.71. The minimum atomic E-state index is -4.62. The van der Waals surface area contributed by atoms with Crippen molar-refractivity contribution in [3.63, 3.8) is 0 Å². The van der Waals surface area contributed by atoms with E-state index >= 15 is 0 Å². The summed E-state index contributed by atoms with van der Waals surface area (Å²) in [6.45, 7) is 4.09. The van der Waals surface area contributed by atoms with Crippen molar-refractivity contribution in [2.24, 2.45) is 0 Å². The Kier molecular flexibility index (Phi) is 4.40. The molecule has 148 valence electrons. The summed E-state index contributed by atoms with van der Waals surface area (Å²) < 4.78 is 45.2. The van der Waals surface area contributed by atoms with Crippen LogP contribution in [0.4, 0.5) is 24.8 Å². The lowest BCUT2D eigenvalue weighted by Gasteiger charge is -2.36. The van der Waals surface area contributed by atoms with Gasteiger partial charge in [-0.1, -0.05) is 0 Å². The predicted octanol–water partition coefficient (Wildman–Crippen LogP) is 1.58. The Morgan fingerprint density at radius 1 is 1.00 bits per heavy atom. The molecule has 0 unspecified atom stereocenters. The maximum Gasteiger partial charge on any atom is 0.453 e. The van der Waals surface area contributed by atoms with E-state index < -0.39 is 12.0 Å². The Morgan fingerprint density at radius 3 is 2.39 bits per heavy atom. The third-order valence-corrected chi connectivity index (χ3v) is 4.41. The van der Waals surface area contributed by atoms with Gasteiger partial charge in [0, 0.05) is 37.9 Å². The molecule has 0 radical (unpaired) electrons. The molecule has 0 spiro atoms. The van der Waals surface area contributed by atoms with Crippen molar-refractivity contribution in [2.45, 2.75) is 13.1 Å². The van der Waals surface area contributed by atoms with Gasteiger partial charge in [-0.3, -0.25) is 4.98 Å². The molecule has 0 saturated carbocycles. The van der Waals surface area contributed by atoms with Gasteiger partial charge in [0.1, 0.15) is 5.82 Å². The summed E-state index contributed by atoms with van der Waals surface area (Å²) in [5.74, 6) is 0.381. The van der Waals surface area contributed by atoms with Crippen LogP contribution in [0.15, 0.2) is 18.5 Å². The van der Waals surface area contributed by atoms with Crippen molar-refractivity contribution >= 4 is 17.4 Å². The lowest BCUT2D eigenvalue weighted by molar-refractivity contribution is -0.144. The minimum absolute atomic E-state index is 0.0663. The summed E-state index contributed by atoms with van der Waals surface area (Å²) in [7, 11) is 1.52. The van der Waals surface area contributed by atoms with Gasteiger partial charge in [-0.15, -0.1) is 5.10 Å². The highest BCUT2D eigenvalue weighted by Gasteiger charge is 2.37. The average molecular weight is 394 g/mol. The van der Waals surface area contributed by atoms with Gasteiger partial charge >= 0.3 is 6.18 Å². The Morgan fingerprint density at radius 2 is 1.71 bits per heavy atom. The van der Waals surface area contributed by atoms with Crippen LogP contribution in [0, 0.1) is 6.92 Å². The van der Waals surface area contributed by atoms with E-state index in [-0.39, 0.29) is 5.78 Å². The maximum absolute atomic E-state index is 13.0. The number of fused-ring (bicyclic) bond motifs is 1. The molecular weight excluding hydrogens is 377 g/mol. The molecule has 9 nitrogen and oxygen atoms in total. The number of nitrogens with zero attached hydrogens (tertiary/aromatic N) is 8. The van der Waals surface area contributed by atoms with Gasteiger partial charge in [-0.05, 0) is 6.92 Å². The van der Waals surface area contributed by atoms with Gasteiger partial charge in [-0.2, -0.15) is 27.7 Å². The number of anilines is 2. The monoisotopic (exact) mass is 394 g/mol. The third kappa shape index (κ3) is 3.37. The minimum Gasteiger partial charge on any atom is -0.480 e. The number of hydrogen-bond donors (Lipinski definition) is 0. The topological polar surface area (TPSA) is 84.6 Å². The lowest BCUT2D eigenvalue weighted by atomic mass is 10.3. The molecule has 3 aromatic rings. The van der Waals surface area contributed by atoms with E-state index in [0.29, 0.717) is 49.4 Å². The molecule has 1 saturated heterocycles. The predicted molar refractivity (Wildman–Crippen MR) is 93.5 cm³/mol. The first-order chi connectivity index (χ1) is 13.3. The standard InChI is InChI=1S/C16H17F3N8O/c1-10-7-13(27-15(21-10)23-14(24-27)16(17,18)19)26-5-3-25(4-6-26)11-8-20-9-12(22-11)28-2/h7-9H,3-6H2,1-2H3. The molecule has 0 aliphatic carbocycles. The zero-order chi connectivity index (χ0) is 19.9. The number of ether oxygens (including phenoxy) is 1. The first kappa shape index (κ1) is 18.2. The van der Waals surface area contributed by atoms with Crippen LogP contribution in [0.5, 0.6) is 5.88 Å². The van der Waals surface area contributed by atoms with Crippen molar-refractivity contribution in [3.05, 3.63) is 30.0 Å². The first-order valence-corrected chi connectivity index (χ1v) is 8.53. The fourth-order valence-electron chi connectivity index (χ4n) is 3.07. The highest BCUT2D eigenvalue weighted by atomic mass is 19.4. The first-order valence-electron chi connectivity index (χ1n) is 8.53. The Balaban J connectivity index is 1.59. The molecule has 1 aliphatic rings. The van der Waals surface area contributed by atoms with Crippen molar-refractivity contribution in [1.29, 1.82) is 0 Å². The Bertz CT molecular complexity index is 997. The van der Waals surface area contributed by atoms with Crippen LogP contribution in [0.25, 0.3) is 5.78 Å². The number of rotatable bonds is 3. The van der Waals surface area contributed by atoms with E-state index in [2.05, 4.69) is 25.0 Å². The molecule has 28 heavy (non-hydrogen) atoms. The molecule has 4 heterocycles. The summed E-state index contributed by atoms with van der Waals surface area (Å²) >= 11 is 0. The molecule has 1 fully saturated rings. The van der Waals surface area contributed by atoms with Gasteiger partial charge in [-0.25, -0.2) is 4.98 Å². The van der Waals surface area contributed by atoms with E-state index in [1.165, 1.54) is 13.3 Å². The largest absolute Gasteiger partial charge is 0.480 e. The summed E-state index contributed by atoms with van der Waals surface area (Å²) in [6.07, 6.45) is -1.44. The van der Waals surface area contributed by atoms with Gasteiger partial charge < -0.3 is 14.5 Å².